The molecule has 0 amide bonds. The molecule has 4 heterocycles. The van der Waals surface area contributed by atoms with Crippen molar-refractivity contribution < 1.29 is 0 Å². The molecule has 4 nitrogen and oxygen atoms in total. The SMILES string of the molecule is CC(C)(C)N1CC2CN(C3CN(C4CN(C(C)(C)C)C4)C3)CC2C1. The van der Waals surface area contributed by atoms with E-state index in [-0.39, 0.29) is 0 Å². The smallest absolute Gasteiger partial charge is 0.0352 e. The third-order valence-electron chi connectivity index (χ3n) is 7.20. The second-order valence-electron chi connectivity index (χ2n) is 10.9. The fourth-order valence-electron chi connectivity index (χ4n) is 5.13. The van der Waals surface area contributed by atoms with Gasteiger partial charge in [-0.3, -0.25) is 19.6 Å². The van der Waals surface area contributed by atoms with Gasteiger partial charge in [0.1, 0.15) is 0 Å². The lowest BCUT2D eigenvalue weighted by Gasteiger charge is -2.56. The fraction of sp³-hybridized carbons (Fsp3) is 1.00. The lowest BCUT2D eigenvalue weighted by Crippen LogP contribution is -2.71. The Bertz CT molecular complexity index is 451. The zero-order valence-electron chi connectivity index (χ0n) is 16.8. The van der Waals surface area contributed by atoms with Crippen molar-refractivity contribution in [3.63, 3.8) is 0 Å². The van der Waals surface area contributed by atoms with Gasteiger partial charge in [0, 0.05) is 75.5 Å². The van der Waals surface area contributed by atoms with Gasteiger partial charge in [-0.05, 0) is 53.4 Å². The second-order valence-corrected chi connectivity index (χ2v) is 10.9. The number of hydrogen-bond acceptors (Lipinski definition) is 4. The third-order valence-corrected chi connectivity index (χ3v) is 7.20. The molecule has 0 saturated carbocycles. The monoisotopic (exact) mass is 334 g/mol. The van der Waals surface area contributed by atoms with Crippen molar-refractivity contribution in [2.24, 2.45) is 11.8 Å². The molecular weight excluding hydrogens is 296 g/mol. The number of hydrogen-bond donors (Lipinski definition) is 0. The molecule has 0 bridgehead atoms. The van der Waals surface area contributed by atoms with E-state index in [4.69, 9.17) is 0 Å². The van der Waals surface area contributed by atoms with Gasteiger partial charge in [0.2, 0.25) is 0 Å². The molecule has 4 aliphatic rings. The van der Waals surface area contributed by atoms with E-state index >= 15 is 0 Å². The van der Waals surface area contributed by atoms with Crippen molar-refractivity contribution >= 4 is 0 Å². The van der Waals surface area contributed by atoms with E-state index in [9.17, 15) is 0 Å². The molecule has 0 N–H and O–H groups in total. The summed E-state index contributed by atoms with van der Waals surface area (Å²) in [6.07, 6.45) is 0. The number of likely N-dealkylation sites (tertiary alicyclic amines) is 4. The molecule has 4 aliphatic heterocycles. The van der Waals surface area contributed by atoms with Gasteiger partial charge in [-0.1, -0.05) is 0 Å². The van der Waals surface area contributed by atoms with Crippen LogP contribution in [0.2, 0.25) is 0 Å². The van der Waals surface area contributed by atoms with Crippen LogP contribution in [0.1, 0.15) is 41.5 Å². The first kappa shape index (κ1) is 17.3. The van der Waals surface area contributed by atoms with Crippen LogP contribution in [0.5, 0.6) is 0 Å². The van der Waals surface area contributed by atoms with Crippen LogP contribution in [0.15, 0.2) is 0 Å². The molecule has 138 valence electrons. The molecule has 0 aliphatic carbocycles. The Morgan fingerprint density at radius 3 is 1.33 bits per heavy atom. The van der Waals surface area contributed by atoms with Crippen LogP contribution < -0.4 is 0 Å². The Hall–Kier alpha value is -0.160. The molecule has 2 unspecified atom stereocenters. The van der Waals surface area contributed by atoms with Gasteiger partial charge in [0.15, 0.2) is 0 Å². The largest absolute Gasteiger partial charge is 0.298 e. The molecule has 0 aromatic rings. The number of rotatable bonds is 2. The second kappa shape index (κ2) is 5.67. The molecule has 0 radical (unpaired) electrons. The minimum Gasteiger partial charge on any atom is -0.298 e. The summed E-state index contributed by atoms with van der Waals surface area (Å²) in [5.41, 5.74) is 0.706. The molecule has 24 heavy (non-hydrogen) atoms. The Balaban J connectivity index is 1.21. The highest BCUT2D eigenvalue weighted by molar-refractivity contribution is 5.04. The zero-order valence-corrected chi connectivity index (χ0v) is 16.8. The van der Waals surface area contributed by atoms with Crippen LogP contribution in [-0.2, 0) is 0 Å². The summed E-state index contributed by atoms with van der Waals surface area (Å²) in [4.78, 5) is 10.9. The van der Waals surface area contributed by atoms with Gasteiger partial charge in [-0.25, -0.2) is 0 Å². The Labute approximate surface area is 149 Å². The predicted molar refractivity (Wildman–Crippen MR) is 100 cm³/mol. The highest BCUT2D eigenvalue weighted by Gasteiger charge is 2.48. The first-order valence-electron chi connectivity index (χ1n) is 10.1. The quantitative estimate of drug-likeness (QED) is 0.763. The van der Waals surface area contributed by atoms with Crippen molar-refractivity contribution in [2.75, 3.05) is 52.4 Å². The van der Waals surface area contributed by atoms with Crippen molar-refractivity contribution in [3.05, 3.63) is 0 Å². The summed E-state index contributed by atoms with van der Waals surface area (Å²) in [6.45, 7) is 24.7. The number of nitrogens with zero attached hydrogens (tertiary/aromatic N) is 4. The van der Waals surface area contributed by atoms with Crippen LogP contribution >= 0.6 is 0 Å². The summed E-state index contributed by atoms with van der Waals surface area (Å²) < 4.78 is 0. The lowest BCUT2D eigenvalue weighted by atomic mass is 9.93. The van der Waals surface area contributed by atoms with Crippen LogP contribution in [0, 0.1) is 11.8 Å². The highest BCUT2D eigenvalue weighted by atomic mass is 15.4. The van der Waals surface area contributed by atoms with E-state index in [0.29, 0.717) is 11.1 Å². The van der Waals surface area contributed by atoms with Crippen molar-refractivity contribution in [2.45, 2.75) is 64.7 Å². The maximum atomic E-state index is 2.83. The molecular formula is C20H38N4. The number of fused-ring (bicyclic) bond motifs is 1. The lowest BCUT2D eigenvalue weighted by molar-refractivity contribution is -0.0746. The van der Waals surface area contributed by atoms with Crippen LogP contribution in [0.3, 0.4) is 0 Å². The predicted octanol–water partition coefficient (Wildman–Crippen LogP) is 1.82. The maximum absolute atomic E-state index is 2.83. The standard InChI is InChI=1S/C20H38N4/c1-19(2,3)23-9-15-7-21(8-16(15)10-23)17-11-22(12-17)18-13-24(14-18)20(4,5)6/h15-18H,7-14H2,1-6H3. The van der Waals surface area contributed by atoms with E-state index in [1.165, 1.54) is 52.4 Å². The van der Waals surface area contributed by atoms with Crippen molar-refractivity contribution in [1.82, 2.24) is 19.6 Å². The van der Waals surface area contributed by atoms with Crippen LogP contribution in [0.4, 0.5) is 0 Å². The summed E-state index contributed by atoms with van der Waals surface area (Å²) in [5.74, 6) is 1.86. The average molecular weight is 335 g/mol. The van der Waals surface area contributed by atoms with E-state index in [1.54, 1.807) is 0 Å². The summed E-state index contributed by atoms with van der Waals surface area (Å²) in [7, 11) is 0. The molecule has 4 saturated heterocycles. The molecule has 0 aromatic heterocycles. The first-order chi connectivity index (χ1) is 11.1. The zero-order chi connectivity index (χ0) is 17.3. The van der Waals surface area contributed by atoms with Gasteiger partial charge < -0.3 is 0 Å². The summed E-state index contributed by atoms with van der Waals surface area (Å²) in [5, 5.41) is 0. The van der Waals surface area contributed by atoms with E-state index < -0.39 is 0 Å². The summed E-state index contributed by atoms with van der Waals surface area (Å²) >= 11 is 0. The Morgan fingerprint density at radius 2 is 0.875 bits per heavy atom. The molecule has 0 spiro atoms. The van der Waals surface area contributed by atoms with Crippen LogP contribution in [0.25, 0.3) is 0 Å². The minimum absolute atomic E-state index is 0.353. The Kier molecular flexibility index (Phi) is 4.08. The molecule has 4 heteroatoms. The fourth-order valence-corrected chi connectivity index (χ4v) is 5.13. The molecule has 4 rings (SSSR count). The highest BCUT2D eigenvalue weighted by Crippen LogP contribution is 2.37. The van der Waals surface area contributed by atoms with E-state index in [2.05, 4.69) is 61.1 Å². The van der Waals surface area contributed by atoms with Crippen molar-refractivity contribution in [1.29, 1.82) is 0 Å². The van der Waals surface area contributed by atoms with Gasteiger partial charge in [0.05, 0.1) is 0 Å². The summed E-state index contributed by atoms with van der Waals surface area (Å²) in [6, 6.07) is 1.68. The van der Waals surface area contributed by atoms with Gasteiger partial charge in [-0.15, -0.1) is 0 Å². The van der Waals surface area contributed by atoms with Gasteiger partial charge >= 0.3 is 0 Å². The third kappa shape index (κ3) is 3.04. The molecule has 2 atom stereocenters. The van der Waals surface area contributed by atoms with E-state index in [0.717, 1.165) is 23.9 Å². The normalized spacial score (nSPS) is 35.2. The molecule has 4 fully saturated rings. The maximum Gasteiger partial charge on any atom is 0.0352 e. The van der Waals surface area contributed by atoms with Crippen LogP contribution in [-0.4, -0.2) is 95.1 Å². The van der Waals surface area contributed by atoms with Crippen molar-refractivity contribution in [3.8, 4) is 0 Å². The topological polar surface area (TPSA) is 13.0 Å². The van der Waals surface area contributed by atoms with E-state index in [1.807, 2.05) is 0 Å². The molecule has 0 aromatic carbocycles. The minimum atomic E-state index is 0.353. The first-order valence-corrected chi connectivity index (χ1v) is 10.1. The Morgan fingerprint density at radius 1 is 0.500 bits per heavy atom. The average Bonchev–Trinajstić information content (AvgIpc) is 2.84. The van der Waals surface area contributed by atoms with Gasteiger partial charge in [-0.2, -0.15) is 0 Å². The van der Waals surface area contributed by atoms with Gasteiger partial charge in [0.25, 0.3) is 0 Å².